The van der Waals surface area contributed by atoms with Gasteiger partial charge in [-0.25, -0.2) is 4.98 Å². The minimum absolute atomic E-state index is 0.100. The lowest BCUT2D eigenvalue weighted by molar-refractivity contribution is -0.213. The van der Waals surface area contributed by atoms with Gasteiger partial charge in [0.15, 0.2) is 0 Å². The van der Waals surface area contributed by atoms with Gasteiger partial charge < -0.3 is 10.4 Å². The molecule has 4 nitrogen and oxygen atoms in total. The van der Waals surface area contributed by atoms with Crippen LogP contribution in [0, 0.1) is 6.92 Å². The van der Waals surface area contributed by atoms with Crippen molar-refractivity contribution in [1.29, 1.82) is 0 Å². The molecule has 1 N–H and O–H groups in total. The second-order valence-corrected chi connectivity index (χ2v) is 8.62. The van der Waals surface area contributed by atoms with E-state index in [4.69, 9.17) is 11.6 Å². The summed E-state index contributed by atoms with van der Waals surface area (Å²) in [4.78, 5) is 8.14. The molecule has 0 amide bonds. The summed E-state index contributed by atoms with van der Waals surface area (Å²) in [5, 5.41) is 16.9. The molecule has 32 heavy (non-hydrogen) atoms. The number of aliphatic imine (C=N–C) groups is 1. The molecule has 1 unspecified atom stereocenters. The van der Waals surface area contributed by atoms with Crippen LogP contribution >= 0.6 is 11.6 Å². The Hall–Kier alpha value is -2.80. The zero-order valence-corrected chi connectivity index (χ0v) is 18.2. The van der Waals surface area contributed by atoms with Gasteiger partial charge in [0.2, 0.25) is 0 Å². The lowest BCUT2D eigenvalue weighted by Crippen LogP contribution is -2.31. The number of aryl methyl sites for hydroxylation is 1. The topological polar surface area (TPSA) is 60.3 Å². The molecule has 0 bridgehead atoms. The average molecular weight is 461 g/mol. The van der Waals surface area contributed by atoms with Gasteiger partial charge in [0.05, 0.1) is 11.6 Å². The maximum absolute atomic E-state index is 13.4. The summed E-state index contributed by atoms with van der Waals surface area (Å²) >= 11 is 5.96. The second-order valence-electron chi connectivity index (χ2n) is 8.18. The highest BCUT2D eigenvalue weighted by Crippen LogP contribution is 2.35. The Morgan fingerprint density at radius 2 is 1.97 bits per heavy atom. The van der Waals surface area contributed by atoms with Crippen LogP contribution in [-0.2, 0) is 6.18 Å². The molecular formula is C24H22ClF3N3O-. The lowest BCUT2D eigenvalue weighted by atomic mass is 9.91. The molecular weight excluding hydrogens is 439 g/mol. The first kappa shape index (κ1) is 22.4. The van der Waals surface area contributed by atoms with Crippen LogP contribution in [0.15, 0.2) is 53.5 Å². The third-order valence-corrected chi connectivity index (χ3v) is 5.87. The standard InChI is InChI=1S/C24H23ClF3N3O/c1-14-8-9-20-19(10-14)21(13-22(31-20)24(26,27)28)29-17-6-3-7-18(12-17)30-23(32)15-4-2-5-16(25)11-15/h2,4-5,8-11,13,17-18H,3,6-7,12H2,1H3,(H,29,31)(H,30,32)/p-1/t17-,18?/m0/s1. The average Bonchev–Trinajstić information content (AvgIpc) is 2.73. The van der Waals surface area contributed by atoms with E-state index in [2.05, 4.69) is 15.3 Å². The zero-order valence-electron chi connectivity index (χ0n) is 17.4. The van der Waals surface area contributed by atoms with E-state index in [1.807, 2.05) is 13.0 Å². The summed E-state index contributed by atoms with van der Waals surface area (Å²) in [7, 11) is 0. The number of anilines is 1. The Morgan fingerprint density at radius 1 is 1.16 bits per heavy atom. The van der Waals surface area contributed by atoms with E-state index in [-0.39, 0.29) is 18.0 Å². The molecule has 1 heterocycles. The number of aromatic nitrogens is 1. The highest BCUT2D eigenvalue weighted by atomic mass is 35.5. The molecule has 0 aliphatic heterocycles. The van der Waals surface area contributed by atoms with E-state index < -0.39 is 11.9 Å². The predicted octanol–water partition coefficient (Wildman–Crippen LogP) is 5.75. The Bertz CT molecular complexity index is 1160. The molecule has 8 heteroatoms. The van der Waals surface area contributed by atoms with E-state index in [0.717, 1.165) is 30.9 Å². The number of hydrogen-bond acceptors (Lipinski definition) is 4. The van der Waals surface area contributed by atoms with Gasteiger partial charge >= 0.3 is 6.18 Å². The number of rotatable bonds is 4. The monoisotopic (exact) mass is 460 g/mol. The van der Waals surface area contributed by atoms with Gasteiger partial charge in [-0.1, -0.05) is 35.4 Å². The number of halogens is 4. The van der Waals surface area contributed by atoms with Gasteiger partial charge in [-0.2, -0.15) is 13.2 Å². The van der Waals surface area contributed by atoms with E-state index in [0.29, 0.717) is 33.6 Å². The molecule has 0 spiro atoms. The van der Waals surface area contributed by atoms with Crippen LogP contribution in [0.3, 0.4) is 0 Å². The normalized spacial score (nSPS) is 19.8. The summed E-state index contributed by atoms with van der Waals surface area (Å²) in [6.07, 6.45) is -1.61. The minimum atomic E-state index is -4.54. The summed E-state index contributed by atoms with van der Waals surface area (Å²) < 4.78 is 40.2. The van der Waals surface area contributed by atoms with E-state index in [9.17, 15) is 18.3 Å². The maximum atomic E-state index is 13.4. The van der Waals surface area contributed by atoms with E-state index >= 15 is 0 Å². The Morgan fingerprint density at radius 3 is 2.72 bits per heavy atom. The molecule has 2 aromatic carbocycles. The first-order chi connectivity index (χ1) is 15.2. The second kappa shape index (κ2) is 8.98. The molecule has 0 radical (unpaired) electrons. The third kappa shape index (κ3) is 5.15. The number of alkyl halides is 3. The lowest BCUT2D eigenvalue weighted by Gasteiger charge is -2.30. The summed E-state index contributed by atoms with van der Waals surface area (Å²) in [5.74, 6) is -0.331. The Kier molecular flexibility index (Phi) is 6.29. The smallest absolute Gasteiger partial charge is 0.433 e. The Labute approximate surface area is 189 Å². The van der Waals surface area contributed by atoms with Crippen LogP contribution in [0.1, 0.15) is 42.5 Å². The van der Waals surface area contributed by atoms with Crippen LogP contribution in [-0.4, -0.2) is 23.0 Å². The molecule has 4 rings (SSSR count). The first-order valence-corrected chi connectivity index (χ1v) is 10.8. The number of pyridine rings is 1. The van der Waals surface area contributed by atoms with Crippen LogP contribution in [0.25, 0.3) is 10.9 Å². The summed E-state index contributed by atoms with van der Waals surface area (Å²) in [6, 6.07) is 12.6. The fourth-order valence-corrected chi connectivity index (χ4v) is 4.29. The molecule has 1 aliphatic carbocycles. The van der Waals surface area contributed by atoms with Gasteiger partial charge in [-0.3, -0.25) is 4.99 Å². The van der Waals surface area contributed by atoms with Crippen LogP contribution in [0.5, 0.6) is 0 Å². The van der Waals surface area contributed by atoms with Crippen LogP contribution in [0.4, 0.5) is 18.9 Å². The molecule has 1 aliphatic rings. The van der Waals surface area contributed by atoms with Crippen molar-refractivity contribution in [3.8, 4) is 0 Å². The maximum Gasteiger partial charge on any atom is 0.433 e. The Balaban J connectivity index is 1.58. The predicted molar refractivity (Wildman–Crippen MR) is 119 cm³/mol. The minimum Gasteiger partial charge on any atom is -0.858 e. The largest absolute Gasteiger partial charge is 0.858 e. The molecule has 2 atom stereocenters. The molecule has 168 valence electrons. The van der Waals surface area contributed by atoms with Crippen molar-refractivity contribution in [2.24, 2.45) is 4.99 Å². The van der Waals surface area contributed by atoms with Crippen LogP contribution in [0.2, 0.25) is 5.02 Å². The third-order valence-electron chi connectivity index (χ3n) is 5.63. The number of nitrogens with zero attached hydrogens (tertiary/aromatic N) is 2. The van der Waals surface area contributed by atoms with Gasteiger partial charge in [0, 0.05) is 22.1 Å². The van der Waals surface area contributed by atoms with Crippen molar-refractivity contribution in [2.45, 2.75) is 50.9 Å². The van der Waals surface area contributed by atoms with Gasteiger partial charge in [0.25, 0.3) is 0 Å². The fraction of sp³-hybridized carbons (Fsp3) is 0.333. The van der Waals surface area contributed by atoms with E-state index in [1.165, 1.54) is 0 Å². The highest BCUT2D eigenvalue weighted by molar-refractivity contribution is 6.30. The number of nitrogens with one attached hydrogen (secondary N) is 1. The van der Waals surface area contributed by atoms with Gasteiger partial charge in [-0.15, -0.1) is 0 Å². The number of fused-ring (bicyclic) bond motifs is 1. The molecule has 3 aromatic rings. The van der Waals surface area contributed by atoms with Crippen LogP contribution < -0.4 is 10.4 Å². The highest BCUT2D eigenvalue weighted by Gasteiger charge is 2.34. The SMILES string of the molecule is Cc1ccc2nc(C(F)(F)F)cc(N[C@H]3CCCC(N=C([O-])c4cccc(Cl)c4)C3)c2c1. The fourth-order valence-electron chi connectivity index (χ4n) is 4.10. The zero-order chi connectivity index (χ0) is 22.9. The van der Waals surface area contributed by atoms with Crippen molar-refractivity contribution in [3.63, 3.8) is 0 Å². The molecule has 1 fully saturated rings. The quantitative estimate of drug-likeness (QED) is 0.398. The molecule has 1 aromatic heterocycles. The number of benzene rings is 2. The van der Waals surface area contributed by atoms with Crippen molar-refractivity contribution >= 4 is 34.1 Å². The molecule has 0 saturated heterocycles. The van der Waals surface area contributed by atoms with Crippen molar-refractivity contribution in [1.82, 2.24) is 4.98 Å². The molecule has 1 saturated carbocycles. The number of hydrogen-bond donors (Lipinski definition) is 1. The van der Waals surface area contributed by atoms with Gasteiger partial charge in [0.1, 0.15) is 5.69 Å². The summed E-state index contributed by atoms with van der Waals surface area (Å²) in [6.45, 7) is 1.89. The van der Waals surface area contributed by atoms with E-state index in [1.54, 1.807) is 36.4 Å². The van der Waals surface area contributed by atoms with Gasteiger partial charge in [-0.05, 0) is 74.4 Å². The van der Waals surface area contributed by atoms with Crippen molar-refractivity contribution in [3.05, 3.63) is 70.4 Å². The van der Waals surface area contributed by atoms with Crippen molar-refractivity contribution < 1.29 is 18.3 Å². The van der Waals surface area contributed by atoms with Crippen molar-refractivity contribution in [2.75, 3.05) is 5.32 Å². The first-order valence-electron chi connectivity index (χ1n) is 10.4. The summed E-state index contributed by atoms with van der Waals surface area (Å²) in [5.41, 5.74) is 1.13.